The molecule has 0 aliphatic heterocycles. The van der Waals surface area contributed by atoms with Gasteiger partial charge in [-0.3, -0.25) is 14.9 Å². The van der Waals surface area contributed by atoms with E-state index in [1.54, 1.807) is 36.4 Å². The van der Waals surface area contributed by atoms with Crippen molar-refractivity contribution in [1.29, 1.82) is 0 Å². The van der Waals surface area contributed by atoms with Crippen molar-refractivity contribution >= 4 is 29.0 Å². The Kier molecular flexibility index (Phi) is 6.06. The van der Waals surface area contributed by atoms with Crippen LogP contribution in [0.25, 0.3) is 5.69 Å². The topological polar surface area (TPSA) is 131 Å². The largest absolute Gasteiger partial charge is 0.336 e. The van der Waals surface area contributed by atoms with Crippen LogP contribution in [0, 0.1) is 10.1 Å². The third kappa shape index (κ3) is 4.98. The van der Waals surface area contributed by atoms with Gasteiger partial charge in [0, 0.05) is 24.4 Å². The fourth-order valence-corrected chi connectivity index (χ4v) is 2.62. The highest BCUT2D eigenvalue weighted by Crippen LogP contribution is 2.22. The molecule has 3 amide bonds. The molecule has 0 spiro atoms. The molecule has 0 radical (unpaired) electrons. The summed E-state index contributed by atoms with van der Waals surface area (Å²) in [5.41, 5.74) is 1.72. The van der Waals surface area contributed by atoms with Crippen LogP contribution in [-0.4, -0.2) is 32.7 Å². The number of non-ortho nitro benzene ring substituents is 1. The van der Waals surface area contributed by atoms with Gasteiger partial charge >= 0.3 is 6.03 Å². The third-order valence-corrected chi connectivity index (χ3v) is 4.01. The van der Waals surface area contributed by atoms with Crippen LogP contribution in [0.4, 0.5) is 21.9 Å². The van der Waals surface area contributed by atoms with Crippen molar-refractivity contribution < 1.29 is 14.5 Å². The molecule has 0 aliphatic carbocycles. The number of rotatable bonds is 6. The van der Waals surface area contributed by atoms with Crippen molar-refractivity contribution in [2.75, 3.05) is 10.6 Å². The maximum atomic E-state index is 12.6. The summed E-state index contributed by atoms with van der Waals surface area (Å²) in [6, 6.07) is 12.2. The first-order chi connectivity index (χ1) is 14.3. The number of hydrogen-bond donors (Lipinski definition) is 3. The fourth-order valence-electron chi connectivity index (χ4n) is 2.62. The van der Waals surface area contributed by atoms with Crippen molar-refractivity contribution in [3.05, 3.63) is 76.6 Å². The van der Waals surface area contributed by atoms with Crippen LogP contribution in [0.1, 0.15) is 24.2 Å². The van der Waals surface area contributed by atoms with Crippen molar-refractivity contribution in [3.63, 3.8) is 0 Å². The lowest BCUT2D eigenvalue weighted by Crippen LogP contribution is -2.34. The summed E-state index contributed by atoms with van der Waals surface area (Å²) in [6.45, 7) is 3.69. The quantitative estimate of drug-likeness (QED) is 0.424. The van der Waals surface area contributed by atoms with Crippen molar-refractivity contribution in [3.8, 4) is 5.69 Å². The molecule has 2 aromatic carbocycles. The average Bonchev–Trinajstić information content (AvgIpc) is 3.19. The Bertz CT molecular complexity index is 1070. The van der Waals surface area contributed by atoms with Crippen LogP contribution in [0.15, 0.2) is 60.9 Å². The zero-order valence-electron chi connectivity index (χ0n) is 16.3. The van der Waals surface area contributed by atoms with Crippen molar-refractivity contribution in [2.45, 2.75) is 19.9 Å². The number of para-hydroxylation sites is 2. The lowest BCUT2D eigenvalue weighted by Gasteiger charge is -2.14. The second-order valence-corrected chi connectivity index (χ2v) is 6.70. The fraction of sp³-hybridized carbons (Fsp3) is 0.150. The zero-order chi connectivity index (χ0) is 21.7. The van der Waals surface area contributed by atoms with Gasteiger partial charge < -0.3 is 16.0 Å². The minimum atomic E-state index is -0.487. The molecule has 0 atom stereocenters. The SMILES string of the molecule is CC(C)NC(=O)Nc1ccccc1NC(=O)c1cnn(-c2ccc([N+](=O)[O-])cc2)c1. The highest BCUT2D eigenvalue weighted by Gasteiger charge is 2.14. The van der Waals surface area contributed by atoms with E-state index in [0.717, 1.165) is 0 Å². The number of carbonyl (C=O) groups is 2. The molecule has 3 aromatic rings. The van der Waals surface area contributed by atoms with Gasteiger partial charge in [-0.1, -0.05) is 12.1 Å². The lowest BCUT2D eigenvalue weighted by atomic mass is 10.2. The van der Waals surface area contributed by atoms with Crippen LogP contribution in [0.3, 0.4) is 0 Å². The Balaban J connectivity index is 1.73. The summed E-state index contributed by atoms with van der Waals surface area (Å²) in [6.07, 6.45) is 2.90. The van der Waals surface area contributed by atoms with Crippen molar-refractivity contribution in [1.82, 2.24) is 15.1 Å². The van der Waals surface area contributed by atoms with E-state index in [1.807, 2.05) is 13.8 Å². The maximum Gasteiger partial charge on any atom is 0.319 e. The summed E-state index contributed by atoms with van der Waals surface area (Å²) in [5, 5.41) is 23.1. The Morgan fingerprint density at radius 3 is 2.27 bits per heavy atom. The van der Waals surface area contributed by atoms with Gasteiger partial charge in [0.25, 0.3) is 11.6 Å². The number of nitro benzene ring substituents is 1. The Morgan fingerprint density at radius 2 is 1.67 bits per heavy atom. The predicted molar refractivity (Wildman–Crippen MR) is 112 cm³/mol. The Hall–Kier alpha value is -4.21. The lowest BCUT2D eigenvalue weighted by molar-refractivity contribution is -0.384. The molecule has 0 aliphatic rings. The molecule has 0 bridgehead atoms. The molecule has 1 aromatic heterocycles. The van der Waals surface area contributed by atoms with Crippen LogP contribution >= 0.6 is 0 Å². The van der Waals surface area contributed by atoms with E-state index >= 15 is 0 Å². The second-order valence-electron chi connectivity index (χ2n) is 6.70. The second kappa shape index (κ2) is 8.86. The number of carbonyl (C=O) groups excluding carboxylic acids is 2. The van der Waals surface area contributed by atoms with Crippen molar-refractivity contribution in [2.24, 2.45) is 0 Å². The van der Waals surface area contributed by atoms with Crippen LogP contribution in [0.5, 0.6) is 0 Å². The van der Waals surface area contributed by atoms with E-state index < -0.39 is 10.8 Å². The van der Waals surface area contributed by atoms with Gasteiger partial charge in [-0.15, -0.1) is 0 Å². The summed E-state index contributed by atoms with van der Waals surface area (Å²) in [7, 11) is 0. The minimum Gasteiger partial charge on any atom is -0.336 e. The number of nitrogens with one attached hydrogen (secondary N) is 3. The molecule has 0 fully saturated rings. The Labute approximate surface area is 172 Å². The van der Waals surface area contributed by atoms with Gasteiger partial charge in [0.05, 0.1) is 33.7 Å². The monoisotopic (exact) mass is 408 g/mol. The summed E-state index contributed by atoms with van der Waals surface area (Å²) in [4.78, 5) is 34.9. The maximum absolute atomic E-state index is 12.6. The number of aromatic nitrogens is 2. The predicted octanol–water partition coefficient (Wildman–Crippen LogP) is 3.56. The van der Waals surface area contributed by atoms with E-state index in [9.17, 15) is 19.7 Å². The molecule has 30 heavy (non-hydrogen) atoms. The van der Waals surface area contributed by atoms with Crippen LogP contribution in [-0.2, 0) is 0 Å². The van der Waals surface area contributed by atoms with Gasteiger partial charge in [-0.05, 0) is 38.1 Å². The normalized spacial score (nSPS) is 10.5. The molecular formula is C20H20N6O4. The first kappa shape index (κ1) is 20.5. The molecule has 1 heterocycles. The average molecular weight is 408 g/mol. The van der Waals surface area contributed by atoms with Gasteiger partial charge in [0.15, 0.2) is 0 Å². The summed E-state index contributed by atoms with van der Waals surface area (Å²) < 4.78 is 1.44. The van der Waals surface area contributed by atoms with Crippen LogP contribution < -0.4 is 16.0 Å². The van der Waals surface area contributed by atoms with Gasteiger partial charge in [0.2, 0.25) is 0 Å². The minimum absolute atomic E-state index is 0.0305. The number of urea groups is 1. The van der Waals surface area contributed by atoms with E-state index in [4.69, 9.17) is 0 Å². The van der Waals surface area contributed by atoms with Gasteiger partial charge in [-0.2, -0.15) is 5.10 Å². The standard InChI is InChI=1S/C20H20N6O4/c1-13(2)22-20(28)24-18-6-4-3-5-17(18)23-19(27)14-11-21-25(12-14)15-7-9-16(10-8-15)26(29)30/h3-13H,1-2H3,(H,23,27)(H2,22,24,28). The molecule has 0 saturated heterocycles. The smallest absolute Gasteiger partial charge is 0.319 e. The third-order valence-electron chi connectivity index (χ3n) is 4.01. The van der Waals surface area contributed by atoms with Gasteiger partial charge in [0.1, 0.15) is 0 Å². The molecule has 10 heteroatoms. The zero-order valence-corrected chi connectivity index (χ0v) is 16.3. The number of hydrogen-bond acceptors (Lipinski definition) is 5. The molecule has 10 nitrogen and oxygen atoms in total. The molecule has 154 valence electrons. The molecule has 3 N–H and O–H groups in total. The van der Waals surface area contributed by atoms with E-state index in [1.165, 1.54) is 29.2 Å². The van der Waals surface area contributed by atoms with E-state index in [2.05, 4.69) is 21.0 Å². The molecule has 3 rings (SSSR count). The number of nitrogens with zero attached hydrogens (tertiary/aromatic N) is 3. The Morgan fingerprint density at radius 1 is 1.03 bits per heavy atom. The highest BCUT2D eigenvalue weighted by atomic mass is 16.6. The molecule has 0 unspecified atom stereocenters. The van der Waals surface area contributed by atoms with Crippen LogP contribution in [0.2, 0.25) is 0 Å². The molecule has 0 saturated carbocycles. The number of nitro groups is 1. The van der Waals surface area contributed by atoms with E-state index in [0.29, 0.717) is 17.1 Å². The number of anilines is 2. The number of amides is 3. The number of benzene rings is 2. The van der Waals surface area contributed by atoms with Gasteiger partial charge in [-0.25, -0.2) is 9.48 Å². The summed E-state index contributed by atoms with van der Waals surface area (Å²) >= 11 is 0. The highest BCUT2D eigenvalue weighted by molar-refractivity contribution is 6.07. The first-order valence-electron chi connectivity index (χ1n) is 9.11. The summed E-state index contributed by atoms with van der Waals surface area (Å²) in [5.74, 6) is -0.415. The molecular weight excluding hydrogens is 388 g/mol. The first-order valence-corrected chi connectivity index (χ1v) is 9.11. The van der Waals surface area contributed by atoms with E-state index in [-0.39, 0.29) is 23.3 Å².